The second-order valence-electron chi connectivity index (χ2n) is 3.15. The van der Waals surface area contributed by atoms with Gasteiger partial charge in [-0.05, 0) is 49.4 Å². The van der Waals surface area contributed by atoms with Crippen LogP contribution < -0.4 is 5.73 Å². The monoisotopic (exact) mass is 349 g/mol. The van der Waals surface area contributed by atoms with Crippen LogP contribution in [-0.2, 0) is 6.42 Å². The molecule has 1 atom stereocenters. The van der Waals surface area contributed by atoms with Crippen LogP contribution in [0.5, 0.6) is 0 Å². The highest BCUT2D eigenvalue weighted by Crippen LogP contribution is 2.30. The summed E-state index contributed by atoms with van der Waals surface area (Å²) >= 11 is 8.54. The summed E-state index contributed by atoms with van der Waals surface area (Å²) in [5.41, 5.74) is 7.11. The van der Waals surface area contributed by atoms with Crippen LogP contribution in [-0.4, -0.2) is 0 Å². The van der Waals surface area contributed by atoms with Crippen molar-refractivity contribution in [1.82, 2.24) is 0 Å². The lowest BCUT2D eigenvalue weighted by Gasteiger charge is -2.08. The predicted molar refractivity (Wildman–Crippen MR) is 69.1 cm³/mol. The molecule has 0 aromatic carbocycles. The summed E-state index contributed by atoms with van der Waals surface area (Å²) in [6.45, 7) is 0. The normalized spacial score (nSPS) is 13.0. The molecule has 0 aliphatic carbocycles. The third-order valence-electron chi connectivity index (χ3n) is 2.14. The lowest BCUT2D eigenvalue weighted by Crippen LogP contribution is -2.12. The Morgan fingerprint density at radius 3 is 2.73 bits per heavy atom. The Labute approximate surface area is 109 Å². The van der Waals surface area contributed by atoms with E-state index in [0.29, 0.717) is 0 Å². The molecule has 0 fully saturated rings. The molecule has 0 bridgehead atoms. The Balaban J connectivity index is 2.14. The molecule has 0 spiro atoms. The zero-order valence-electron chi connectivity index (χ0n) is 7.74. The number of furan rings is 1. The van der Waals surface area contributed by atoms with Gasteiger partial charge in [0.15, 0.2) is 4.67 Å². The lowest BCUT2D eigenvalue weighted by atomic mass is 10.1. The van der Waals surface area contributed by atoms with Crippen molar-refractivity contribution in [1.29, 1.82) is 0 Å². The summed E-state index contributed by atoms with van der Waals surface area (Å²) in [6.07, 6.45) is 2.46. The van der Waals surface area contributed by atoms with E-state index >= 15 is 0 Å². The smallest absolute Gasteiger partial charge is 0.173 e. The Morgan fingerprint density at radius 2 is 2.20 bits per heavy atom. The van der Waals surface area contributed by atoms with Crippen LogP contribution in [0.2, 0.25) is 0 Å². The summed E-state index contributed by atoms with van der Waals surface area (Å²) in [5.74, 6) is 0. The molecule has 15 heavy (non-hydrogen) atoms. The van der Waals surface area contributed by atoms with E-state index in [1.54, 1.807) is 17.6 Å². The van der Waals surface area contributed by atoms with Crippen molar-refractivity contribution in [2.75, 3.05) is 0 Å². The van der Waals surface area contributed by atoms with Crippen molar-refractivity contribution >= 4 is 43.2 Å². The van der Waals surface area contributed by atoms with Gasteiger partial charge in [0, 0.05) is 27.4 Å². The number of nitrogens with two attached hydrogens (primary N) is 1. The van der Waals surface area contributed by atoms with Crippen molar-refractivity contribution in [2.45, 2.75) is 12.5 Å². The summed E-state index contributed by atoms with van der Waals surface area (Å²) < 4.78 is 7.02. The summed E-state index contributed by atoms with van der Waals surface area (Å²) in [6, 6.07) is 3.90. The highest BCUT2D eigenvalue weighted by molar-refractivity contribution is 9.10. The zero-order chi connectivity index (χ0) is 10.8. The van der Waals surface area contributed by atoms with Gasteiger partial charge < -0.3 is 10.2 Å². The van der Waals surface area contributed by atoms with Crippen molar-refractivity contribution in [3.63, 3.8) is 0 Å². The van der Waals surface area contributed by atoms with Gasteiger partial charge in [0.25, 0.3) is 0 Å². The van der Waals surface area contributed by atoms with Crippen molar-refractivity contribution in [3.8, 4) is 0 Å². The molecular weight excluding hydrogens is 342 g/mol. The Kier molecular flexibility index (Phi) is 3.66. The molecule has 1 unspecified atom stereocenters. The van der Waals surface area contributed by atoms with Crippen LogP contribution in [0, 0.1) is 0 Å². The highest BCUT2D eigenvalue weighted by Gasteiger charge is 2.14. The molecule has 2 aromatic rings. The van der Waals surface area contributed by atoms with Gasteiger partial charge in [0.1, 0.15) is 0 Å². The molecule has 0 saturated heterocycles. The highest BCUT2D eigenvalue weighted by atomic mass is 79.9. The average molecular weight is 351 g/mol. The molecule has 0 aliphatic heterocycles. The van der Waals surface area contributed by atoms with Gasteiger partial charge in [-0.1, -0.05) is 0 Å². The predicted octanol–water partition coefficient (Wildman–Crippen LogP) is 4.11. The van der Waals surface area contributed by atoms with E-state index in [-0.39, 0.29) is 6.04 Å². The molecule has 0 radical (unpaired) electrons. The largest absolute Gasteiger partial charge is 0.457 e. The topological polar surface area (TPSA) is 39.2 Å². The van der Waals surface area contributed by atoms with Crippen LogP contribution >= 0.6 is 43.2 Å². The molecule has 5 heteroatoms. The first-order valence-electron chi connectivity index (χ1n) is 4.39. The number of thiophene rings is 1. The minimum Gasteiger partial charge on any atom is -0.457 e. The zero-order valence-corrected chi connectivity index (χ0v) is 11.7. The minimum atomic E-state index is -0.0342. The van der Waals surface area contributed by atoms with Gasteiger partial charge in [-0.2, -0.15) is 0 Å². The van der Waals surface area contributed by atoms with Gasteiger partial charge in [0.2, 0.25) is 0 Å². The van der Waals surface area contributed by atoms with E-state index in [2.05, 4.69) is 37.2 Å². The second kappa shape index (κ2) is 4.82. The molecule has 2 rings (SSSR count). The number of rotatable bonds is 3. The van der Waals surface area contributed by atoms with Crippen LogP contribution in [0.25, 0.3) is 0 Å². The molecule has 80 valence electrons. The quantitative estimate of drug-likeness (QED) is 0.904. The summed E-state index contributed by atoms with van der Waals surface area (Å²) in [5, 5.41) is 2.05. The molecule has 0 saturated carbocycles. The first kappa shape index (κ1) is 11.4. The molecule has 2 aromatic heterocycles. The molecular formula is C10H9Br2NOS. The Bertz CT molecular complexity index is 452. The molecule has 2 N–H and O–H groups in total. The second-order valence-corrected chi connectivity index (χ2v) is 5.73. The van der Waals surface area contributed by atoms with E-state index in [9.17, 15) is 0 Å². The fraction of sp³-hybridized carbons (Fsp3) is 0.200. The number of hydrogen-bond donors (Lipinski definition) is 1. The van der Waals surface area contributed by atoms with Crippen molar-refractivity contribution < 1.29 is 4.42 Å². The molecule has 2 nitrogen and oxygen atoms in total. The van der Waals surface area contributed by atoms with Gasteiger partial charge in [-0.25, -0.2) is 0 Å². The summed E-state index contributed by atoms with van der Waals surface area (Å²) in [7, 11) is 0. The van der Waals surface area contributed by atoms with Crippen LogP contribution in [0.4, 0.5) is 0 Å². The van der Waals surface area contributed by atoms with E-state index < -0.39 is 0 Å². The van der Waals surface area contributed by atoms with Crippen molar-refractivity contribution in [2.24, 2.45) is 5.73 Å². The minimum absolute atomic E-state index is 0.0342. The first-order chi connectivity index (χ1) is 7.18. The molecule has 2 heterocycles. The summed E-state index contributed by atoms with van der Waals surface area (Å²) in [4.78, 5) is 1.26. The maximum atomic E-state index is 6.10. The standard InChI is InChI=1S/C10H9Br2NOS/c11-7-2-4-15-9(7)5-8(13)6-1-3-14-10(6)12/h1-4,8H,5,13H2. The molecule has 0 amide bonds. The Hall–Kier alpha value is -0.100. The maximum Gasteiger partial charge on any atom is 0.173 e. The van der Waals surface area contributed by atoms with Crippen LogP contribution in [0.1, 0.15) is 16.5 Å². The maximum absolute atomic E-state index is 6.10. The van der Waals surface area contributed by atoms with Gasteiger partial charge in [0.05, 0.1) is 6.26 Å². The average Bonchev–Trinajstić information content (AvgIpc) is 2.76. The van der Waals surface area contributed by atoms with Gasteiger partial charge in [-0.3, -0.25) is 0 Å². The Morgan fingerprint density at radius 1 is 1.40 bits per heavy atom. The SMILES string of the molecule is NC(Cc1sccc1Br)c1ccoc1Br. The van der Waals surface area contributed by atoms with Gasteiger partial charge >= 0.3 is 0 Å². The van der Waals surface area contributed by atoms with Gasteiger partial charge in [-0.15, -0.1) is 11.3 Å². The van der Waals surface area contributed by atoms with Crippen LogP contribution in [0.3, 0.4) is 0 Å². The van der Waals surface area contributed by atoms with E-state index in [1.165, 1.54) is 4.88 Å². The number of halogens is 2. The van der Waals surface area contributed by atoms with Crippen molar-refractivity contribution in [3.05, 3.63) is 43.4 Å². The number of hydrogen-bond acceptors (Lipinski definition) is 3. The van der Waals surface area contributed by atoms with Crippen LogP contribution in [0.15, 0.2) is 37.3 Å². The lowest BCUT2D eigenvalue weighted by molar-refractivity contribution is 0.531. The third kappa shape index (κ3) is 2.53. The fourth-order valence-corrected chi connectivity index (χ4v) is 3.46. The van der Waals surface area contributed by atoms with E-state index in [0.717, 1.165) is 21.1 Å². The first-order valence-corrected chi connectivity index (χ1v) is 6.85. The van der Waals surface area contributed by atoms with E-state index in [4.69, 9.17) is 10.2 Å². The third-order valence-corrected chi connectivity index (χ3v) is 4.74. The molecule has 0 aliphatic rings. The van der Waals surface area contributed by atoms with E-state index in [1.807, 2.05) is 12.1 Å². The fourth-order valence-electron chi connectivity index (χ4n) is 1.35.